The van der Waals surface area contributed by atoms with Crippen molar-refractivity contribution in [2.45, 2.75) is 32.5 Å². The monoisotopic (exact) mass is 343 g/mol. The summed E-state index contributed by atoms with van der Waals surface area (Å²) in [7, 11) is 0. The van der Waals surface area contributed by atoms with Crippen LogP contribution in [-0.2, 0) is 4.74 Å². The Hall–Kier alpha value is -2.38. The van der Waals surface area contributed by atoms with Crippen molar-refractivity contribution in [2.75, 3.05) is 6.61 Å². The van der Waals surface area contributed by atoms with Gasteiger partial charge in [0.15, 0.2) is 17.5 Å². The van der Waals surface area contributed by atoms with Gasteiger partial charge in [-0.15, -0.1) is 0 Å². The molecule has 128 valence electrons. The summed E-state index contributed by atoms with van der Waals surface area (Å²) in [4.78, 5) is 24.4. The average molecular weight is 343 g/mol. The molecule has 1 saturated carbocycles. The van der Waals surface area contributed by atoms with Crippen LogP contribution in [0.3, 0.4) is 0 Å². The van der Waals surface area contributed by atoms with Gasteiger partial charge in [-0.25, -0.2) is 22.4 Å². The second kappa shape index (κ2) is 5.61. The van der Waals surface area contributed by atoms with Crippen LogP contribution >= 0.6 is 0 Å². The van der Waals surface area contributed by atoms with Gasteiger partial charge >= 0.3 is 5.97 Å². The van der Waals surface area contributed by atoms with Crippen molar-refractivity contribution in [1.82, 2.24) is 4.57 Å². The normalized spacial score (nSPS) is 19.6. The second-order valence-corrected chi connectivity index (χ2v) is 5.61. The average Bonchev–Trinajstić information content (AvgIpc) is 3.27. The van der Waals surface area contributed by atoms with Crippen LogP contribution in [0.15, 0.2) is 11.0 Å². The molecule has 4 nitrogen and oxygen atoms in total. The predicted octanol–water partition coefficient (Wildman–Crippen LogP) is 3.19. The number of halogens is 4. The van der Waals surface area contributed by atoms with Crippen molar-refractivity contribution in [3.63, 3.8) is 0 Å². The van der Waals surface area contributed by atoms with Crippen LogP contribution in [0.4, 0.5) is 17.6 Å². The Balaban J connectivity index is 2.45. The smallest absolute Gasteiger partial charge is 0.343 e. The number of pyridine rings is 1. The lowest BCUT2D eigenvalue weighted by Gasteiger charge is -2.15. The molecule has 1 aliphatic rings. The number of rotatable bonds is 3. The lowest BCUT2D eigenvalue weighted by atomic mass is 10.0. The molecule has 0 radical (unpaired) electrons. The number of aromatic nitrogens is 1. The third-order valence-electron chi connectivity index (χ3n) is 4.07. The van der Waals surface area contributed by atoms with Crippen molar-refractivity contribution in [1.29, 1.82) is 0 Å². The molecule has 1 aliphatic carbocycles. The fourth-order valence-corrected chi connectivity index (χ4v) is 2.73. The van der Waals surface area contributed by atoms with E-state index in [1.54, 1.807) is 0 Å². The quantitative estimate of drug-likeness (QED) is 0.489. The van der Waals surface area contributed by atoms with E-state index < -0.39 is 63.1 Å². The molecule has 0 N–H and O–H groups in total. The van der Waals surface area contributed by atoms with Crippen LogP contribution in [0.5, 0.6) is 0 Å². The standard InChI is InChI=1S/C16H13F4NO3/c1-3-24-16(23)7-5-21(9-4-8(9)17)14-10(15(7)22)6(2)11(18)12(19)13(14)20/h5,8-9H,3-4H2,1-2H3/t8-,9+/m0/s1. The number of ether oxygens (including phenoxy) is 1. The highest BCUT2D eigenvalue weighted by Gasteiger charge is 2.41. The van der Waals surface area contributed by atoms with Crippen LogP contribution in [-0.4, -0.2) is 23.3 Å². The summed E-state index contributed by atoms with van der Waals surface area (Å²) in [6.45, 7) is 2.60. The molecule has 2 aromatic rings. The highest BCUT2D eigenvalue weighted by Crippen LogP contribution is 2.41. The van der Waals surface area contributed by atoms with Gasteiger partial charge in [0.2, 0.25) is 5.43 Å². The van der Waals surface area contributed by atoms with Crippen molar-refractivity contribution >= 4 is 16.9 Å². The number of carbonyl (C=O) groups excluding carboxylic acids is 1. The van der Waals surface area contributed by atoms with E-state index in [4.69, 9.17) is 4.74 Å². The zero-order valence-corrected chi connectivity index (χ0v) is 12.8. The van der Waals surface area contributed by atoms with Crippen LogP contribution in [0.25, 0.3) is 10.9 Å². The number of fused-ring (bicyclic) bond motifs is 1. The van der Waals surface area contributed by atoms with Gasteiger partial charge in [-0.3, -0.25) is 4.79 Å². The van der Waals surface area contributed by atoms with Gasteiger partial charge in [-0.2, -0.15) is 0 Å². The topological polar surface area (TPSA) is 48.3 Å². The Morgan fingerprint density at radius 1 is 1.29 bits per heavy atom. The first-order valence-corrected chi connectivity index (χ1v) is 7.32. The number of benzene rings is 1. The number of hydrogen-bond donors (Lipinski definition) is 0. The summed E-state index contributed by atoms with van der Waals surface area (Å²) in [5.41, 5.74) is -2.44. The third-order valence-corrected chi connectivity index (χ3v) is 4.07. The van der Waals surface area contributed by atoms with Gasteiger partial charge in [-0.1, -0.05) is 0 Å². The molecule has 2 atom stereocenters. The van der Waals surface area contributed by atoms with E-state index >= 15 is 0 Å². The van der Waals surface area contributed by atoms with E-state index in [-0.39, 0.29) is 13.0 Å². The molecule has 0 spiro atoms. The first kappa shape index (κ1) is 16.5. The van der Waals surface area contributed by atoms with Gasteiger partial charge in [0, 0.05) is 18.2 Å². The molecule has 0 aliphatic heterocycles. The third kappa shape index (κ3) is 2.28. The Labute approximate surface area is 133 Å². The fraction of sp³-hybridized carbons (Fsp3) is 0.375. The van der Waals surface area contributed by atoms with Crippen molar-refractivity contribution < 1.29 is 27.1 Å². The summed E-state index contributed by atoms with van der Waals surface area (Å²) in [5.74, 6) is -5.83. The number of carbonyl (C=O) groups is 1. The van der Waals surface area contributed by atoms with E-state index in [1.807, 2.05) is 0 Å². The molecule has 1 fully saturated rings. The lowest BCUT2D eigenvalue weighted by Crippen LogP contribution is -2.23. The van der Waals surface area contributed by atoms with Gasteiger partial charge in [0.05, 0.1) is 23.6 Å². The van der Waals surface area contributed by atoms with E-state index in [1.165, 1.54) is 6.92 Å². The van der Waals surface area contributed by atoms with Crippen LogP contribution in [0.2, 0.25) is 0 Å². The predicted molar refractivity (Wildman–Crippen MR) is 77.3 cm³/mol. The largest absolute Gasteiger partial charge is 0.462 e. The highest BCUT2D eigenvalue weighted by molar-refractivity contribution is 5.95. The Morgan fingerprint density at radius 3 is 2.46 bits per heavy atom. The first-order valence-electron chi connectivity index (χ1n) is 7.32. The molecule has 0 bridgehead atoms. The molecule has 1 heterocycles. The van der Waals surface area contributed by atoms with Gasteiger partial charge < -0.3 is 9.30 Å². The minimum Gasteiger partial charge on any atom is -0.462 e. The van der Waals surface area contributed by atoms with E-state index in [2.05, 4.69) is 0 Å². The molecule has 24 heavy (non-hydrogen) atoms. The molecule has 0 unspecified atom stereocenters. The fourth-order valence-electron chi connectivity index (χ4n) is 2.73. The Morgan fingerprint density at radius 2 is 1.92 bits per heavy atom. The lowest BCUT2D eigenvalue weighted by molar-refractivity contribution is 0.0524. The molecule has 1 aromatic heterocycles. The minimum atomic E-state index is -1.74. The summed E-state index contributed by atoms with van der Waals surface area (Å²) in [5, 5.41) is -0.490. The van der Waals surface area contributed by atoms with Crippen LogP contribution in [0, 0.1) is 24.4 Å². The van der Waals surface area contributed by atoms with Gasteiger partial charge in [0.25, 0.3) is 0 Å². The second-order valence-electron chi connectivity index (χ2n) is 5.61. The molecule has 1 aromatic carbocycles. The Kier molecular flexibility index (Phi) is 3.85. The molecular formula is C16H13F4NO3. The maximum absolute atomic E-state index is 14.3. The number of aryl methyl sites for hydroxylation is 1. The maximum Gasteiger partial charge on any atom is 0.343 e. The number of esters is 1. The summed E-state index contributed by atoms with van der Waals surface area (Å²) < 4.78 is 61.1. The van der Waals surface area contributed by atoms with Crippen molar-refractivity contribution in [3.8, 4) is 0 Å². The molecule has 0 amide bonds. The molecule has 3 rings (SSSR count). The van der Waals surface area contributed by atoms with Crippen molar-refractivity contribution in [2.24, 2.45) is 0 Å². The zero-order valence-electron chi connectivity index (χ0n) is 12.8. The zero-order chi connectivity index (χ0) is 17.8. The van der Waals surface area contributed by atoms with Gasteiger partial charge in [0.1, 0.15) is 11.7 Å². The minimum absolute atomic E-state index is 0.0173. The summed E-state index contributed by atoms with van der Waals surface area (Å²) >= 11 is 0. The SMILES string of the molecule is CCOC(=O)c1cn([C@@H]2C[C@@H]2F)c2c(F)c(F)c(F)c(C)c2c1=O. The summed E-state index contributed by atoms with van der Waals surface area (Å²) in [6, 6.07) is -0.847. The van der Waals surface area contributed by atoms with Crippen molar-refractivity contribution in [3.05, 3.63) is 45.0 Å². The van der Waals surface area contributed by atoms with Crippen LogP contribution in [0.1, 0.15) is 35.3 Å². The Bertz CT molecular complexity index is 922. The highest BCUT2D eigenvalue weighted by atomic mass is 19.2. The number of nitrogens with zero attached hydrogens (tertiary/aromatic N) is 1. The number of hydrogen-bond acceptors (Lipinski definition) is 3. The first-order chi connectivity index (χ1) is 11.3. The van der Waals surface area contributed by atoms with E-state index in [9.17, 15) is 27.2 Å². The van der Waals surface area contributed by atoms with Crippen LogP contribution < -0.4 is 5.43 Å². The molecular weight excluding hydrogens is 330 g/mol. The summed E-state index contributed by atoms with van der Waals surface area (Å²) in [6.07, 6.45) is -0.344. The number of alkyl halides is 1. The maximum atomic E-state index is 14.3. The van der Waals surface area contributed by atoms with E-state index in [0.29, 0.717) is 0 Å². The molecule has 0 saturated heterocycles. The van der Waals surface area contributed by atoms with E-state index in [0.717, 1.165) is 17.7 Å². The molecule has 8 heteroatoms. The van der Waals surface area contributed by atoms with Gasteiger partial charge in [-0.05, 0) is 13.8 Å².